The van der Waals surface area contributed by atoms with Crippen LogP contribution in [0.4, 0.5) is 11.4 Å². The lowest BCUT2D eigenvalue weighted by molar-refractivity contribution is -0.190. The summed E-state index contributed by atoms with van der Waals surface area (Å²) < 4.78 is 29.5. The predicted octanol–water partition coefficient (Wildman–Crippen LogP) is 4.81. The van der Waals surface area contributed by atoms with Crippen molar-refractivity contribution in [1.82, 2.24) is 38.9 Å². The van der Waals surface area contributed by atoms with Gasteiger partial charge in [-0.15, -0.1) is 0 Å². The average molecular weight is 890 g/mol. The van der Waals surface area contributed by atoms with Crippen LogP contribution in [0.25, 0.3) is 5.69 Å². The molecule has 3 atom stereocenters. The Morgan fingerprint density at radius 1 is 0.871 bits per heavy atom. The third kappa shape index (κ3) is 10.3. The standard InChI is InChI=1S/C44H54Cl2N10O6/c1-43(2,3)40(61-41(57)25-51-17-15-50(4)16-18-51)24-56-42(58)55(31-49-56)35-8-6-33(7-9-35)52-19-21-53(22-20-52)34-10-12-36(13-11-34)59-26-37-27-60-44(62-37,28-54-30-47-29-48-54)38-14-5-32(45)23-39(38)46/h5-14,23,29-31,37,40H,15-22,24-28H2,1-4H3/t37-,40?,44-/m1/s1. The van der Waals surface area contributed by atoms with Crippen LogP contribution in [-0.4, -0.2) is 136 Å². The van der Waals surface area contributed by atoms with Crippen molar-refractivity contribution in [2.75, 3.05) is 89.0 Å². The number of esters is 1. The molecule has 8 rings (SSSR count). The molecule has 0 bridgehead atoms. The molecular weight excluding hydrogens is 835 g/mol. The van der Waals surface area contributed by atoms with E-state index in [-0.39, 0.29) is 44.0 Å². The zero-order chi connectivity index (χ0) is 43.4. The van der Waals surface area contributed by atoms with Gasteiger partial charge in [0.15, 0.2) is 0 Å². The fraction of sp³-hybridized carbons (Fsp3) is 0.477. The first-order valence-corrected chi connectivity index (χ1v) is 21.8. The minimum absolute atomic E-state index is 0.168. The highest BCUT2D eigenvalue weighted by molar-refractivity contribution is 6.35. The number of nitrogens with zero attached hydrogens (tertiary/aromatic N) is 10. The van der Waals surface area contributed by atoms with Gasteiger partial charge < -0.3 is 33.6 Å². The number of anilines is 2. The molecule has 3 fully saturated rings. The Labute approximate surface area is 371 Å². The summed E-state index contributed by atoms with van der Waals surface area (Å²) in [4.78, 5) is 39.6. The van der Waals surface area contributed by atoms with Crippen LogP contribution in [0.5, 0.6) is 5.75 Å². The number of aromatic nitrogens is 6. The first-order valence-electron chi connectivity index (χ1n) is 21.0. The molecular formula is C44H54Cl2N10O6. The Kier molecular flexibility index (Phi) is 13.2. The summed E-state index contributed by atoms with van der Waals surface area (Å²) in [6, 6.07) is 21.3. The van der Waals surface area contributed by atoms with Crippen LogP contribution < -0.4 is 20.2 Å². The van der Waals surface area contributed by atoms with Gasteiger partial charge in [0.25, 0.3) is 0 Å². The van der Waals surface area contributed by atoms with Crippen LogP contribution >= 0.6 is 23.2 Å². The molecule has 5 heterocycles. The van der Waals surface area contributed by atoms with Crippen molar-refractivity contribution in [2.24, 2.45) is 5.41 Å². The molecule has 2 aromatic heterocycles. The number of halogens is 2. The van der Waals surface area contributed by atoms with Crippen LogP contribution in [0.2, 0.25) is 10.0 Å². The monoisotopic (exact) mass is 888 g/mol. The summed E-state index contributed by atoms with van der Waals surface area (Å²) in [5.74, 6) is -0.731. The number of benzene rings is 3. The minimum Gasteiger partial charge on any atom is -0.491 e. The maximum atomic E-state index is 13.5. The molecule has 62 heavy (non-hydrogen) atoms. The van der Waals surface area contributed by atoms with Gasteiger partial charge >= 0.3 is 11.7 Å². The molecule has 330 valence electrons. The SMILES string of the molecule is CN1CCN(CC(=O)OC(Cn2ncn(-c3ccc(N4CCN(c5ccc(OC[C@@H]6CO[C@@](Cn7cncn7)(c7ccc(Cl)cc7Cl)O6)cc5)CC4)cc3)c2=O)C(C)(C)C)CC1. The van der Waals surface area contributed by atoms with E-state index in [1.165, 1.54) is 21.9 Å². The molecule has 0 amide bonds. The zero-order valence-electron chi connectivity index (χ0n) is 35.6. The van der Waals surface area contributed by atoms with Crippen molar-refractivity contribution in [3.63, 3.8) is 0 Å². The van der Waals surface area contributed by atoms with Gasteiger partial charge in [0.05, 0.1) is 30.4 Å². The van der Waals surface area contributed by atoms with Crippen LogP contribution in [0, 0.1) is 5.41 Å². The summed E-state index contributed by atoms with van der Waals surface area (Å²) in [6.45, 7) is 14.1. The van der Waals surface area contributed by atoms with Gasteiger partial charge in [0, 0.05) is 79.7 Å². The summed E-state index contributed by atoms with van der Waals surface area (Å²) in [7, 11) is 2.08. The Morgan fingerprint density at radius 3 is 2.16 bits per heavy atom. The van der Waals surface area contributed by atoms with E-state index in [0.29, 0.717) is 22.2 Å². The third-order valence-electron chi connectivity index (χ3n) is 11.7. The molecule has 3 aliphatic heterocycles. The fourth-order valence-corrected chi connectivity index (χ4v) is 8.49. The van der Waals surface area contributed by atoms with Crippen molar-refractivity contribution in [3.8, 4) is 11.4 Å². The highest BCUT2D eigenvalue weighted by atomic mass is 35.5. The summed E-state index contributed by atoms with van der Waals surface area (Å²) >= 11 is 12.8. The molecule has 0 spiro atoms. The van der Waals surface area contributed by atoms with E-state index < -0.39 is 17.3 Å². The average Bonchev–Trinajstić information content (AvgIpc) is 4.02. The van der Waals surface area contributed by atoms with Gasteiger partial charge in [-0.1, -0.05) is 50.0 Å². The highest BCUT2D eigenvalue weighted by Crippen LogP contribution is 2.40. The lowest BCUT2D eigenvalue weighted by atomic mass is 9.89. The summed E-state index contributed by atoms with van der Waals surface area (Å²) in [5, 5.41) is 9.60. The highest BCUT2D eigenvalue weighted by Gasteiger charge is 2.46. The topological polar surface area (TPSA) is 137 Å². The lowest BCUT2D eigenvalue weighted by Gasteiger charge is -2.37. The second kappa shape index (κ2) is 18.8. The van der Waals surface area contributed by atoms with Gasteiger partial charge in [0.1, 0.15) is 50.1 Å². The number of carbonyl (C=O) groups excluding carboxylic acids is 1. The van der Waals surface area contributed by atoms with Gasteiger partial charge in [0.2, 0.25) is 5.79 Å². The number of piperazine rings is 2. The smallest absolute Gasteiger partial charge is 0.350 e. The molecule has 3 saturated heterocycles. The molecule has 0 radical (unpaired) electrons. The number of likely N-dealkylation sites (N-methyl/N-ethyl adjacent to an activating group) is 1. The molecule has 0 N–H and O–H groups in total. The second-order valence-corrected chi connectivity index (χ2v) is 18.0. The summed E-state index contributed by atoms with van der Waals surface area (Å²) in [5.41, 5.74) is 2.90. The molecule has 0 saturated carbocycles. The Bertz CT molecular complexity index is 2320. The third-order valence-corrected chi connectivity index (χ3v) is 12.3. The molecule has 16 nitrogen and oxygen atoms in total. The van der Waals surface area contributed by atoms with Crippen molar-refractivity contribution < 1.29 is 23.7 Å². The molecule has 18 heteroatoms. The van der Waals surface area contributed by atoms with Crippen LogP contribution in [0.1, 0.15) is 26.3 Å². The predicted molar refractivity (Wildman–Crippen MR) is 236 cm³/mol. The maximum Gasteiger partial charge on any atom is 0.350 e. The summed E-state index contributed by atoms with van der Waals surface area (Å²) in [6.07, 6.45) is 3.72. The fourth-order valence-electron chi connectivity index (χ4n) is 7.94. The molecule has 5 aromatic rings. The van der Waals surface area contributed by atoms with E-state index in [1.807, 2.05) is 63.2 Å². The number of ether oxygens (including phenoxy) is 4. The largest absolute Gasteiger partial charge is 0.491 e. The number of hydrogen-bond donors (Lipinski definition) is 0. The zero-order valence-corrected chi connectivity index (χ0v) is 37.1. The Morgan fingerprint density at radius 2 is 1.53 bits per heavy atom. The van der Waals surface area contributed by atoms with Crippen molar-refractivity contribution in [1.29, 1.82) is 0 Å². The first kappa shape index (κ1) is 43.7. The van der Waals surface area contributed by atoms with Gasteiger partial charge in [-0.05, 0) is 67.7 Å². The molecule has 0 aliphatic carbocycles. The molecule has 3 aromatic carbocycles. The van der Waals surface area contributed by atoms with Gasteiger partial charge in [-0.3, -0.25) is 9.69 Å². The van der Waals surface area contributed by atoms with E-state index in [4.69, 9.17) is 42.1 Å². The first-order chi connectivity index (χ1) is 29.8. The number of carbonyl (C=O) groups is 1. The van der Waals surface area contributed by atoms with E-state index in [2.05, 4.69) is 54.0 Å². The van der Waals surface area contributed by atoms with Crippen molar-refractivity contribution in [3.05, 3.63) is 112 Å². The van der Waals surface area contributed by atoms with E-state index in [1.54, 1.807) is 23.1 Å². The number of hydrogen-bond acceptors (Lipinski definition) is 13. The second-order valence-electron chi connectivity index (χ2n) is 17.2. The van der Waals surface area contributed by atoms with Crippen LogP contribution in [0.3, 0.4) is 0 Å². The van der Waals surface area contributed by atoms with Gasteiger partial charge in [-0.25, -0.2) is 23.7 Å². The van der Waals surface area contributed by atoms with Gasteiger partial charge in [-0.2, -0.15) is 10.2 Å². The van der Waals surface area contributed by atoms with Crippen molar-refractivity contribution in [2.45, 2.75) is 51.9 Å². The Balaban J connectivity index is 0.817. The normalized spacial score (nSPS) is 20.7. The van der Waals surface area contributed by atoms with E-state index in [9.17, 15) is 9.59 Å². The van der Waals surface area contributed by atoms with E-state index in [0.717, 1.165) is 75.2 Å². The molecule has 1 unspecified atom stereocenters. The maximum absolute atomic E-state index is 13.5. The van der Waals surface area contributed by atoms with Crippen LogP contribution in [0.15, 0.2) is 90.5 Å². The molecule has 3 aliphatic rings. The quantitative estimate of drug-likeness (QED) is 0.141. The Hall–Kier alpha value is -4.97. The van der Waals surface area contributed by atoms with Crippen molar-refractivity contribution >= 4 is 40.5 Å². The number of rotatable bonds is 14. The lowest BCUT2D eigenvalue weighted by Crippen LogP contribution is -2.47. The van der Waals surface area contributed by atoms with E-state index >= 15 is 0 Å². The minimum atomic E-state index is -1.18. The van der Waals surface area contributed by atoms with Crippen LogP contribution in [-0.2, 0) is 37.9 Å².